The molecular weight excluding hydrogens is 182 g/mol. The van der Waals surface area contributed by atoms with E-state index in [0.717, 1.165) is 5.69 Å². The Morgan fingerprint density at radius 2 is 2.36 bits per heavy atom. The molecule has 0 saturated carbocycles. The zero-order valence-corrected chi connectivity index (χ0v) is 8.02. The second-order valence-electron chi connectivity index (χ2n) is 2.85. The number of nitro groups is 1. The van der Waals surface area contributed by atoms with Crippen LogP contribution < -0.4 is 5.32 Å². The fourth-order valence-corrected chi connectivity index (χ4v) is 0.855. The van der Waals surface area contributed by atoms with Crippen LogP contribution >= 0.6 is 0 Å². The molecule has 5 nitrogen and oxygen atoms in total. The topological polar surface area (TPSA) is 68.1 Å². The van der Waals surface area contributed by atoms with Gasteiger partial charge in [-0.1, -0.05) is 6.07 Å². The number of aryl methyl sites for hydroxylation is 1. The van der Waals surface area contributed by atoms with Gasteiger partial charge in [-0.3, -0.25) is 10.1 Å². The van der Waals surface area contributed by atoms with E-state index >= 15 is 0 Å². The van der Waals surface area contributed by atoms with Crippen molar-refractivity contribution in [2.24, 2.45) is 0 Å². The van der Waals surface area contributed by atoms with E-state index in [0.29, 0.717) is 5.82 Å². The van der Waals surface area contributed by atoms with Gasteiger partial charge in [-0.25, -0.2) is 4.98 Å². The van der Waals surface area contributed by atoms with E-state index in [1.165, 1.54) is 13.1 Å². The molecule has 0 atom stereocenters. The summed E-state index contributed by atoms with van der Waals surface area (Å²) in [5, 5.41) is 13.0. The second-order valence-corrected chi connectivity index (χ2v) is 2.85. The van der Waals surface area contributed by atoms with Crippen LogP contribution in [0.1, 0.15) is 12.6 Å². The van der Waals surface area contributed by atoms with E-state index < -0.39 is 4.92 Å². The molecule has 0 amide bonds. The molecule has 14 heavy (non-hydrogen) atoms. The molecule has 0 unspecified atom stereocenters. The molecule has 74 valence electrons. The van der Waals surface area contributed by atoms with Crippen LogP contribution in [0.5, 0.6) is 0 Å². The van der Waals surface area contributed by atoms with Crippen LogP contribution in [-0.4, -0.2) is 9.91 Å². The number of pyridine rings is 1. The second kappa shape index (κ2) is 4.36. The van der Waals surface area contributed by atoms with E-state index in [1.807, 2.05) is 19.1 Å². The van der Waals surface area contributed by atoms with Crippen molar-refractivity contribution in [3.05, 3.63) is 45.9 Å². The van der Waals surface area contributed by atoms with Crippen LogP contribution in [-0.2, 0) is 0 Å². The molecule has 1 rings (SSSR count). The molecule has 0 aliphatic rings. The van der Waals surface area contributed by atoms with Crippen molar-refractivity contribution in [1.82, 2.24) is 4.98 Å². The summed E-state index contributed by atoms with van der Waals surface area (Å²) < 4.78 is 0. The smallest absolute Gasteiger partial charge is 0.259 e. The van der Waals surface area contributed by atoms with Gasteiger partial charge < -0.3 is 5.32 Å². The molecule has 0 saturated heterocycles. The van der Waals surface area contributed by atoms with Gasteiger partial charge in [-0.05, 0) is 19.1 Å². The molecule has 1 N–H and O–H groups in total. The lowest BCUT2D eigenvalue weighted by atomic mass is 10.4. The molecule has 0 fully saturated rings. The van der Waals surface area contributed by atoms with E-state index in [1.54, 1.807) is 6.07 Å². The first-order chi connectivity index (χ1) is 6.59. The monoisotopic (exact) mass is 193 g/mol. The summed E-state index contributed by atoms with van der Waals surface area (Å²) in [6.07, 6.45) is 1.32. The molecule has 1 aromatic rings. The first-order valence-corrected chi connectivity index (χ1v) is 4.11. The lowest BCUT2D eigenvalue weighted by molar-refractivity contribution is -0.424. The Hall–Kier alpha value is -1.91. The number of rotatable bonds is 3. The molecule has 5 heteroatoms. The summed E-state index contributed by atoms with van der Waals surface area (Å²) in [7, 11) is 0. The van der Waals surface area contributed by atoms with Crippen molar-refractivity contribution in [2.75, 3.05) is 5.32 Å². The van der Waals surface area contributed by atoms with Gasteiger partial charge in [0, 0.05) is 12.6 Å². The molecular formula is C9H11N3O2. The van der Waals surface area contributed by atoms with E-state index in [2.05, 4.69) is 10.3 Å². The Morgan fingerprint density at radius 1 is 1.64 bits per heavy atom. The molecule has 0 bridgehead atoms. The maximum atomic E-state index is 10.3. The van der Waals surface area contributed by atoms with Gasteiger partial charge in [0.15, 0.2) is 0 Å². The first-order valence-electron chi connectivity index (χ1n) is 4.11. The standard InChI is InChI=1S/C9H11N3O2/c1-7-4-3-5-9(11-7)10-6-8(2)12(13)14/h3-6H,1-2H3,(H,10,11)/b8-6+. The van der Waals surface area contributed by atoms with Gasteiger partial charge in [0.05, 0.1) is 11.1 Å². The SMILES string of the molecule is C/C(=C\Nc1cccc(C)n1)[N+](=O)[O-]. The van der Waals surface area contributed by atoms with Crippen LogP contribution in [0.3, 0.4) is 0 Å². The van der Waals surface area contributed by atoms with Crippen molar-refractivity contribution >= 4 is 5.82 Å². The van der Waals surface area contributed by atoms with E-state index in [-0.39, 0.29) is 5.70 Å². The minimum absolute atomic E-state index is 0.0494. The number of nitrogens with zero attached hydrogens (tertiary/aromatic N) is 2. The molecule has 0 aromatic carbocycles. The number of aromatic nitrogens is 1. The summed E-state index contributed by atoms with van der Waals surface area (Å²) in [5.41, 5.74) is 0.912. The number of anilines is 1. The Balaban J connectivity index is 2.71. The third-order valence-electron chi connectivity index (χ3n) is 1.61. The van der Waals surface area contributed by atoms with E-state index in [9.17, 15) is 10.1 Å². The van der Waals surface area contributed by atoms with Gasteiger partial charge in [0.25, 0.3) is 5.70 Å². The highest BCUT2D eigenvalue weighted by Gasteiger charge is 2.00. The molecule has 0 aliphatic heterocycles. The lowest BCUT2D eigenvalue weighted by Crippen LogP contribution is -1.99. The van der Waals surface area contributed by atoms with Crippen molar-refractivity contribution in [3.8, 4) is 0 Å². The largest absolute Gasteiger partial charge is 0.341 e. The summed E-state index contributed by atoms with van der Waals surface area (Å²) in [4.78, 5) is 13.9. The fraction of sp³-hybridized carbons (Fsp3) is 0.222. The summed E-state index contributed by atoms with van der Waals surface area (Å²) in [5.74, 6) is 0.603. The molecule has 0 spiro atoms. The van der Waals surface area contributed by atoms with Crippen LogP contribution in [0.15, 0.2) is 30.1 Å². The number of hydrogen-bond acceptors (Lipinski definition) is 4. The number of allylic oxidation sites excluding steroid dienone is 1. The van der Waals surface area contributed by atoms with Crippen molar-refractivity contribution in [3.63, 3.8) is 0 Å². The molecule has 1 heterocycles. The summed E-state index contributed by atoms with van der Waals surface area (Å²) in [6, 6.07) is 5.44. The molecule has 0 radical (unpaired) electrons. The zero-order valence-electron chi connectivity index (χ0n) is 8.02. The van der Waals surface area contributed by atoms with E-state index in [4.69, 9.17) is 0 Å². The Morgan fingerprint density at radius 3 is 2.93 bits per heavy atom. The predicted molar refractivity (Wildman–Crippen MR) is 53.3 cm³/mol. The van der Waals surface area contributed by atoms with Crippen LogP contribution in [0.2, 0.25) is 0 Å². The lowest BCUT2D eigenvalue weighted by Gasteiger charge is -1.99. The minimum atomic E-state index is -0.456. The summed E-state index contributed by atoms with van der Waals surface area (Å²) >= 11 is 0. The normalized spacial score (nSPS) is 11.1. The van der Waals surface area contributed by atoms with Crippen LogP contribution in [0, 0.1) is 17.0 Å². The highest BCUT2D eigenvalue weighted by atomic mass is 16.6. The van der Waals surface area contributed by atoms with Crippen LogP contribution in [0.4, 0.5) is 5.82 Å². The number of nitrogens with one attached hydrogen (secondary N) is 1. The van der Waals surface area contributed by atoms with Gasteiger partial charge in [-0.15, -0.1) is 0 Å². The van der Waals surface area contributed by atoms with Gasteiger partial charge >= 0.3 is 0 Å². The molecule has 0 aliphatic carbocycles. The van der Waals surface area contributed by atoms with Crippen molar-refractivity contribution in [2.45, 2.75) is 13.8 Å². The molecule has 1 aromatic heterocycles. The Kier molecular flexibility index (Phi) is 3.17. The third-order valence-corrected chi connectivity index (χ3v) is 1.61. The Bertz CT molecular complexity index is 374. The van der Waals surface area contributed by atoms with Crippen LogP contribution in [0.25, 0.3) is 0 Å². The highest BCUT2D eigenvalue weighted by Crippen LogP contribution is 2.04. The maximum absolute atomic E-state index is 10.3. The predicted octanol–water partition coefficient (Wildman–Crippen LogP) is 1.94. The van der Waals surface area contributed by atoms with Gasteiger partial charge in [0.1, 0.15) is 5.82 Å². The zero-order chi connectivity index (χ0) is 10.6. The minimum Gasteiger partial charge on any atom is -0.341 e. The first kappa shape index (κ1) is 10.2. The van der Waals surface area contributed by atoms with Gasteiger partial charge in [0.2, 0.25) is 0 Å². The quantitative estimate of drug-likeness (QED) is 0.588. The maximum Gasteiger partial charge on any atom is 0.259 e. The summed E-state index contributed by atoms with van der Waals surface area (Å²) in [6.45, 7) is 3.28. The van der Waals surface area contributed by atoms with Gasteiger partial charge in [-0.2, -0.15) is 0 Å². The average Bonchev–Trinajstić information content (AvgIpc) is 2.14. The highest BCUT2D eigenvalue weighted by molar-refractivity contribution is 5.38. The van der Waals surface area contributed by atoms with Crippen molar-refractivity contribution < 1.29 is 4.92 Å². The number of hydrogen-bond donors (Lipinski definition) is 1. The average molecular weight is 193 g/mol. The van der Waals surface area contributed by atoms with Crippen molar-refractivity contribution in [1.29, 1.82) is 0 Å². The third kappa shape index (κ3) is 2.85. The fourth-order valence-electron chi connectivity index (χ4n) is 0.855. The Labute approximate surface area is 81.6 Å².